The number of furan rings is 1. The van der Waals surface area contributed by atoms with Gasteiger partial charge in [0.05, 0.1) is 17.6 Å². The van der Waals surface area contributed by atoms with Gasteiger partial charge in [-0.3, -0.25) is 0 Å². The number of aromatic nitrogens is 4. The first-order valence-electron chi connectivity index (χ1n) is 11.8. The van der Waals surface area contributed by atoms with Crippen molar-refractivity contribution >= 4 is 34.1 Å². The Morgan fingerprint density at radius 1 is 1.33 bits per heavy atom. The minimum atomic E-state index is -0.551. The lowest BCUT2D eigenvalue weighted by Crippen LogP contribution is -2.42. The first-order valence-corrected chi connectivity index (χ1v) is 12.5. The first kappa shape index (κ1) is 23.8. The molecule has 4 aromatic rings. The molecule has 1 fully saturated rings. The number of nitrogens with one attached hydrogen (secondary N) is 1. The van der Waals surface area contributed by atoms with E-state index in [4.69, 9.17) is 14.1 Å². The molecule has 36 heavy (non-hydrogen) atoms. The summed E-state index contributed by atoms with van der Waals surface area (Å²) in [5.74, 6) is 0.990. The van der Waals surface area contributed by atoms with Crippen LogP contribution in [-0.4, -0.2) is 48.7 Å². The Morgan fingerprint density at radius 2 is 2.17 bits per heavy atom. The maximum absolute atomic E-state index is 12.8. The number of aryl methyl sites for hydroxylation is 1. The Balaban J connectivity index is 1.54. The normalized spacial score (nSPS) is 16.2. The van der Waals surface area contributed by atoms with Crippen LogP contribution in [-0.2, 0) is 4.74 Å². The summed E-state index contributed by atoms with van der Waals surface area (Å²) in [5, 5.41) is 18.1. The van der Waals surface area contributed by atoms with Gasteiger partial charge in [-0.1, -0.05) is 0 Å². The molecule has 0 radical (unpaired) electrons. The SMILES string of the molecule is Cc1cc(Nc2cc(C3CCCN(C(=O)OC(C)(C)C)C3)nc3c(-c4coc(C#N)c4)cnn23)sn1. The van der Waals surface area contributed by atoms with E-state index in [0.29, 0.717) is 18.7 Å². The molecule has 4 aromatic heterocycles. The lowest BCUT2D eigenvalue weighted by atomic mass is 9.94. The highest BCUT2D eigenvalue weighted by molar-refractivity contribution is 7.10. The number of carbonyl (C=O) groups excluding carboxylic acids is 1. The van der Waals surface area contributed by atoms with E-state index in [1.165, 1.54) is 17.8 Å². The molecule has 0 spiro atoms. The average Bonchev–Trinajstić information content (AvgIpc) is 3.57. The number of hydrogen-bond donors (Lipinski definition) is 1. The second-order valence-electron chi connectivity index (χ2n) is 9.89. The fourth-order valence-corrected chi connectivity index (χ4v) is 4.95. The fourth-order valence-electron chi connectivity index (χ4n) is 4.28. The quantitative estimate of drug-likeness (QED) is 0.387. The summed E-state index contributed by atoms with van der Waals surface area (Å²) >= 11 is 1.37. The second-order valence-corrected chi connectivity index (χ2v) is 10.7. The van der Waals surface area contributed by atoms with Crippen molar-refractivity contribution < 1.29 is 13.9 Å². The lowest BCUT2D eigenvalue weighted by Gasteiger charge is -2.34. The standard InChI is InChI=1S/C25H27N7O3S/c1-15-8-22(36-30-15)29-21-10-20(16-6-5-7-31(13-16)24(33)35-25(2,3)4)28-23-19(12-27-32(21)23)17-9-18(11-26)34-14-17/h8-10,12,14,16,29H,5-7,13H2,1-4H3. The van der Waals surface area contributed by atoms with Crippen LogP contribution in [0.3, 0.4) is 0 Å². The molecule has 1 amide bonds. The Kier molecular flexibility index (Phi) is 6.14. The number of nitriles is 1. The fraction of sp³-hybridized carbons (Fsp3) is 0.400. The van der Waals surface area contributed by atoms with Gasteiger partial charge in [-0.2, -0.15) is 19.2 Å². The van der Waals surface area contributed by atoms with E-state index in [1.54, 1.807) is 21.7 Å². The largest absolute Gasteiger partial charge is 0.453 e. The van der Waals surface area contributed by atoms with E-state index in [0.717, 1.165) is 46.2 Å². The molecule has 5 heterocycles. The molecular formula is C25H27N7O3S. The van der Waals surface area contributed by atoms with Crippen LogP contribution in [0.25, 0.3) is 16.8 Å². The maximum atomic E-state index is 12.8. The van der Waals surface area contributed by atoms with E-state index in [1.807, 2.05) is 45.9 Å². The molecule has 0 aliphatic carbocycles. The van der Waals surface area contributed by atoms with Crippen LogP contribution < -0.4 is 5.32 Å². The van der Waals surface area contributed by atoms with E-state index in [-0.39, 0.29) is 17.8 Å². The van der Waals surface area contributed by atoms with E-state index in [9.17, 15) is 10.1 Å². The summed E-state index contributed by atoms with van der Waals surface area (Å²) in [6.07, 6.45) is 4.70. The van der Waals surface area contributed by atoms with Gasteiger partial charge in [-0.25, -0.2) is 9.78 Å². The van der Waals surface area contributed by atoms with Crippen LogP contribution in [0, 0.1) is 18.3 Å². The van der Waals surface area contributed by atoms with Crippen LogP contribution in [0.15, 0.2) is 35.1 Å². The van der Waals surface area contributed by atoms with Gasteiger partial charge < -0.3 is 19.4 Å². The third kappa shape index (κ3) is 4.90. The van der Waals surface area contributed by atoms with Crippen molar-refractivity contribution in [3.63, 3.8) is 0 Å². The summed E-state index contributed by atoms with van der Waals surface area (Å²) in [4.78, 5) is 19.5. The highest BCUT2D eigenvalue weighted by Crippen LogP contribution is 2.33. The predicted octanol–water partition coefficient (Wildman–Crippen LogP) is 5.48. The Hall–Kier alpha value is -3.91. The topological polar surface area (TPSA) is 122 Å². The highest BCUT2D eigenvalue weighted by Gasteiger charge is 2.30. The molecule has 0 aromatic carbocycles. The average molecular weight is 506 g/mol. The smallest absolute Gasteiger partial charge is 0.410 e. The number of hydrogen-bond acceptors (Lipinski definition) is 9. The zero-order chi connectivity index (χ0) is 25.4. The lowest BCUT2D eigenvalue weighted by molar-refractivity contribution is 0.0197. The van der Waals surface area contributed by atoms with Gasteiger partial charge in [-0.15, -0.1) is 0 Å². The van der Waals surface area contributed by atoms with Gasteiger partial charge in [0, 0.05) is 42.3 Å². The van der Waals surface area contributed by atoms with Gasteiger partial charge in [0.25, 0.3) is 0 Å². The molecular weight excluding hydrogens is 478 g/mol. The van der Waals surface area contributed by atoms with Crippen LogP contribution >= 0.6 is 11.5 Å². The number of likely N-dealkylation sites (tertiary alicyclic amines) is 1. The van der Waals surface area contributed by atoms with Crippen molar-refractivity contribution in [2.75, 3.05) is 18.4 Å². The molecule has 10 nitrogen and oxygen atoms in total. The zero-order valence-corrected chi connectivity index (χ0v) is 21.4. The van der Waals surface area contributed by atoms with Gasteiger partial charge in [-0.05, 0) is 58.1 Å². The molecule has 1 N–H and O–H groups in total. The number of piperidine rings is 1. The molecule has 1 atom stereocenters. The zero-order valence-electron chi connectivity index (χ0n) is 20.6. The molecule has 186 valence electrons. The molecule has 11 heteroatoms. The van der Waals surface area contributed by atoms with E-state index < -0.39 is 5.60 Å². The predicted molar refractivity (Wildman–Crippen MR) is 135 cm³/mol. The number of rotatable bonds is 4. The van der Waals surface area contributed by atoms with Gasteiger partial charge in [0.1, 0.15) is 28.8 Å². The minimum Gasteiger partial charge on any atom is -0.453 e. The first-order chi connectivity index (χ1) is 17.2. The molecule has 1 aliphatic heterocycles. The molecule has 0 bridgehead atoms. The Labute approximate surface area is 212 Å². The van der Waals surface area contributed by atoms with Crippen molar-refractivity contribution in [3.05, 3.63) is 47.8 Å². The number of amides is 1. The monoisotopic (exact) mass is 505 g/mol. The van der Waals surface area contributed by atoms with Crippen molar-refractivity contribution in [1.82, 2.24) is 23.9 Å². The third-order valence-electron chi connectivity index (χ3n) is 5.88. The number of carbonyl (C=O) groups is 1. The van der Waals surface area contributed by atoms with E-state index >= 15 is 0 Å². The van der Waals surface area contributed by atoms with Crippen LogP contribution in [0.2, 0.25) is 0 Å². The third-order valence-corrected chi connectivity index (χ3v) is 6.68. The molecule has 5 rings (SSSR count). The number of fused-ring (bicyclic) bond motifs is 1. The minimum absolute atomic E-state index is 0.0294. The molecule has 0 saturated carbocycles. The van der Waals surface area contributed by atoms with E-state index in [2.05, 4.69) is 14.8 Å². The van der Waals surface area contributed by atoms with Gasteiger partial charge in [0.2, 0.25) is 5.76 Å². The number of nitrogens with zero attached hydrogens (tertiary/aromatic N) is 6. The molecule has 1 unspecified atom stereocenters. The van der Waals surface area contributed by atoms with Gasteiger partial charge >= 0.3 is 6.09 Å². The van der Waals surface area contributed by atoms with Crippen LogP contribution in [0.1, 0.15) is 56.7 Å². The summed E-state index contributed by atoms with van der Waals surface area (Å²) in [5.41, 5.74) is 3.35. The van der Waals surface area contributed by atoms with Crippen molar-refractivity contribution in [2.45, 2.75) is 52.1 Å². The molecule has 1 saturated heterocycles. The van der Waals surface area contributed by atoms with Crippen LogP contribution in [0.5, 0.6) is 0 Å². The summed E-state index contributed by atoms with van der Waals surface area (Å²) in [6.45, 7) is 8.73. The van der Waals surface area contributed by atoms with Gasteiger partial charge in [0.15, 0.2) is 5.65 Å². The highest BCUT2D eigenvalue weighted by atomic mass is 32.1. The van der Waals surface area contributed by atoms with Crippen molar-refractivity contribution in [3.8, 4) is 17.2 Å². The maximum Gasteiger partial charge on any atom is 0.410 e. The van der Waals surface area contributed by atoms with Crippen LogP contribution in [0.4, 0.5) is 15.6 Å². The Morgan fingerprint density at radius 3 is 2.86 bits per heavy atom. The summed E-state index contributed by atoms with van der Waals surface area (Å²) in [7, 11) is 0. The summed E-state index contributed by atoms with van der Waals surface area (Å²) < 4.78 is 17.0. The molecule has 1 aliphatic rings. The van der Waals surface area contributed by atoms with Crippen molar-refractivity contribution in [2.24, 2.45) is 0 Å². The number of ether oxygens (including phenoxy) is 1. The van der Waals surface area contributed by atoms with Crippen molar-refractivity contribution in [1.29, 1.82) is 5.26 Å². The number of anilines is 2. The second kappa shape index (κ2) is 9.28. The Bertz CT molecular complexity index is 1460. The summed E-state index contributed by atoms with van der Waals surface area (Å²) in [6, 6.07) is 7.65.